The van der Waals surface area contributed by atoms with Crippen LogP contribution in [0.1, 0.15) is 5.56 Å². The van der Waals surface area contributed by atoms with Crippen LogP contribution in [0.3, 0.4) is 0 Å². The lowest BCUT2D eigenvalue weighted by Crippen LogP contribution is -1.95. The van der Waals surface area contributed by atoms with Crippen molar-refractivity contribution < 1.29 is 13.9 Å². The largest absolute Gasteiger partial charge is 0.497 e. The average Bonchev–Trinajstić information content (AvgIpc) is 2.90. The van der Waals surface area contributed by atoms with Gasteiger partial charge in [-0.15, -0.1) is 0 Å². The SMILES string of the molecule is COc1cccc(OCc2coc3cccc(Cl)c23)c1. The second kappa shape index (κ2) is 5.47. The molecular formula is C16H13ClO3. The Morgan fingerprint density at radius 3 is 2.75 bits per heavy atom. The number of halogens is 1. The van der Waals surface area contributed by atoms with Crippen LogP contribution in [0.5, 0.6) is 11.5 Å². The van der Waals surface area contributed by atoms with Crippen molar-refractivity contribution in [3.63, 3.8) is 0 Å². The van der Waals surface area contributed by atoms with Gasteiger partial charge in [-0.3, -0.25) is 0 Å². The first-order chi connectivity index (χ1) is 9.78. The fourth-order valence-corrected chi connectivity index (χ4v) is 2.35. The molecular weight excluding hydrogens is 276 g/mol. The molecule has 102 valence electrons. The van der Waals surface area contributed by atoms with Crippen molar-refractivity contribution in [2.75, 3.05) is 7.11 Å². The van der Waals surface area contributed by atoms with Crippen LogP contribution in [0, 0.1) is 0 Å². The van der Waals surface area contributed by atoms with Gasteiger partial charge in [-0.1, -0.05) is 23.7 Å². The summed E-state index contributed by atoms with van der Waals surface area (Å²) < 4.78 is 16.4. The molecule has 3 rings (SSSR count). The Kier molecular flexibility index (Phi) is 3.52. The summed E-state index contributed by atoms with van der Waals surface area (Å²) >= 11 is 6.20. The number of rotatable bonds is 4. The quantitative estimate of drug-likeness (QED) is 0.699. The van der Waals surface area contributed by atoms with Gasteiger partial charge in [-0.05, 0) is 24.3 Å². The lowest BCUT2D eigenvalue weighted by Gasteiger charge is -2.07. The predicted molar refractivity (Wildman–Crippen MR) is 78.6 cm³/mol. The van der Waals surface area contributed by atoms with Crippen molar-refractivity contribution >= 4 is 22.6 Å². The molecule has 0 spiro atoms. The van der Waals surface area contributed by atoms with Gasteiger partial charge >= 0.3 is 0 Å². The molecule has 0 fully saturated rings. The molecule has 1 heterocycles. The molecule has 4 heteroatoms. The minimum atomic E-state index is 0.393. The summed E-state index contributed by atoms with van der Waals surface area (Å²) in [5.74, 6) is 1.50. The number of fused-ring (bicyclic) bond motifs is 1. The maximum Gasteiger partial charge on any atom is 0.135 e. The van der Waals surface area contributed by atoms with Crippen LogP contribution < -0.4 is 9.47 Å². The Labute approximate surface area is 121 Å². The molecule has 0 atom stereocenters. The van der Waals surface area contributed by atoms with Crippen molar-refractivity contribution in [1.82, 2.24) is 0 Å². The van der Waals surface area contributed by atoms with Crippen molar-refractivity contribution in [1.29, 1.82) is 0 Å². The van der Waals surface area contributed by atoms with Crippen LogP contribution in [0.2, 0.25) is 5.02 Å². The van der Waals surface area contributed by atoms with E-state index in [0.29, 0.717) is 11.6 Å². The zero-order valence-corrected chi connectivity index (χ0v) is 11.7. The number of methoxy groups -OCH3 is 1. The molecule has 0 aliphatic rings. The van der Waals surface area contributed by atoms with Gasteiger partial charge in [0.2, 0.25) is 0 Å². The average molecular weight is 289 g/mol. The monoisotopic (exact) mass is 288 g/mol. The molecule has 0 unspecified atom stereocenters. The molecule has 20 heavy (non-hydrogen) atoms. The van der Waals surface area contributed by atoms with E-state index in [1.54, 1.807) is 13.4 Å². The lowest BCUT2D eigenvalue weighted by molar-refractivity contribution is 0.303. The molecule has 2 aromatic carbocycles. The molecule has 0 amide bonds. The Balaban J connectivity index is 1.83. The van der Waals surface area contributed by atoms with E-state index in [4.69, 9.17) is 25.5 Å². The van der Waals surface area contributed by atoms with Gasteiger partial charge in [-0.2, -0.15) is 0 Å². The minimum absolute atomic E-state index is 0.393. The molecule has 0 saturated carbocycles. The maximum absolute atomic E-state index is 6.20. The normalized spacial score (nSPS) is 10.7. The summed E-state index contributed by atoms with van der Waals surface area (Å²) in [7, 11) is 1.63. The first kappa shape index (κ1) is 12.9. The van der Waals surface area contributed by atoms with Gasteiger partial charge in [0.05, 0.1) is 18.4 Å². The predicted octanol–water partition coefficient (Wildman–Crippen LogP) is 4.67. The van der Waals surface area contributed by atoms with Crippen molar-refractivity contribution in [2.24, 2.45) is 0 Å². The summed E-state index contributed by atoms with van der Waals surface area (Å²) in [6.45, 7) is 0.393. The van der Waals surface area contributed by atoms with E-state index in [0.717, 1.165) is 28.0 Å². The number of benzene rings is 2. The van der Waals surface area contributed by atoms with E-state index in [1.165, 1.54) is 0 Å². The Morgan fingerprint density at radius 1 is 1.10 bits per heavy atom. The molecule has 0 bridgehead atoms. The topological polar surface area (TPSA) is 31.6 Å². The number of ether oxygens (including phenoxy) is 2. The molecule has 3 nitrogen and oxygen atoms in total. The third-order valence-electron chi connectivity index (χ3n) is 3.06. The molecule has 0 radical (unpaired) electrons. The van der Waals surface area contributed by atoms with Crippen LogP contribution in [-0.2, 0) is 6.61 Å². The van der Waals surface area contributed by atoms with E-state index < -0.39 is 0 Å². The van der Waals surface area contributed by atoms with Crippen LogP contribution in [0.15, 0.2) is 53.1 Å². The molecule has 0 aliphatic carbocycles. The number of hydrogen-bond acceptors (Lipinski definition) is 3. The smallest absolute Gasteiger partial charge is 0.135 e. The zero-order valence-electron chi connectivity index (χ0n) is 10.9. The van der Waals surface area contributed by atoms with Crippen molar-refractivity contribution in [2.45, 2.75) is 6.61 Å². The van der Waals surface area contributed by atoms with E-state index in [2.05, 4.69) is 0 Å². The summed E-state index contributed by atoms with van der Waals surface area (Å²) in [4.78, 5) is 0. The Bertz CT molecular complexity index is 733. The first-order valence-electron chi connectivity index (χ1n) is 6.19. The van der Waals surface area contributed by atoms with Crippen LogP contribution in [-0.4, -0.2) is 7.11 Å². The van der Waals surface area contributed by atoms with Gasteiger partial charge in [0, 0.05) is 17.0 Å². The number of hydrogen-bond donors (Lipinski definition) is 0. The lowest BCUT2D eigenvalue weighted by atomic mass is 10.2. The summed E-state index contributed by atoms with van der Waals surface area (Å²) in [6, 6.07) is 13.1. The van der Waals surface area contributed by atoms with Crippen LogP contribution in [0.4, 0.5) is 0 Å². The van der Waals surface area contributed by atoms with Crippen LogP contribution >= 0.6 is 11.6 Å². The van der Waals surface area contributed by atoms with Crippen molar-refractivity contribution in [3.05, 3.63) is 59.3 Å². The van der Waals surface area contributed by atoms with Gasteiger partial charge in [0.25, 0.3) is 0 Å². The van der Waals surface area contributed by atoms with Crippen LogP contribution in [0.25, 0.3) is 11.0 Å². The highest BCUT2D eigenvalue weighted by Crippen LogP contribution is 2.29. The highest BCUT2D eigenvalue weighted by atomic mass is 35.5. The fourth-order valence-electron chi connectivity index (χ4n) is 2.07. The maximum atomic E-state index is 6.20. The highest BCUT2D eigenvalue weighted by molar-refractivity contribution is 6.35. The van der Waals surface area contributed by atoms with E-state index in [-0.39, 0.29) is 0 Å². The first-order valence-corrected chi connectivity index (χ1v) is 6.57. The summed E-state index contributed by atoms with van der Waals surface area (Å²) in [5.41, 5.74) is 1.69. The number of furan rings is 1. The molecule has 0 aliphatic heterocycles. The van der Waals surface area contributed by atoms with E-state index in [9.17, 15) is 0 Å². The molecule has 1 aromatic heterocycles. The Morgan fingerprint density at radius 2 is 1.90 bits per heavy atom. The van der Waals surface area contributed by atoms with Gasteiger partial charge < -0.3 is 13.9 Å². The van der Waals surface area contributed by atoms with Gasteiger partial charge in [-0.25, -0.2) is 0 Å². The fraction of sp³-hybridized carbons (Fsp3) is 0.125. The van der Waals surface area contributed by atoms with Gasteiger partial charge in [0.15, 0.2) is 0 Å². The van der Waals surface area contributed by atoms with Crippen molar-refractivity contribution in [3.8, 4) is 11.5 Å². The van der Waals surface area contributed by atoms with E-state index >= 15 is 0 Å². The van der Waals surface area contributed by atoms with Gasteiger partial charge in [0.1, 0.15) is 23.7 Å². The highest BCUT2D eigenvalue weighted by Gasteiger charge is 2.10. The standard InChI is InChI=1S/C16H13ClO3/c1-18-12-4-2-5-13(8-12)19-9-11-10-20-15-7-3-6-14(17)16(11)15/h2-8,10H,9H2,1H3. The zero-order chi connectivity index (χ0) is 13.9. The summed E-state index contributed by atoms with van der Waals surface area (Å²) in [6.07, 6.45) is 1.68. The Hall–Kier alpha value is -2.13. The summed E-state index contributed by atoms with van der Waals surface area (Å²) in [5, 5.41) is 1.57. The third-order valence-corrected chi connectivity index (χ3v) is 3.38. The second-order valence-corrected chi connectivity index (χ2v) is 4.75. The molecule has 0 N–H and O–H groups in total. The second-order valence-electron chi connectivity index (χ2n) is 4.34. The molecule has 0 saturated heterocycles. The minimum Gasteiger partial charge on any atom is -0.497 e. The van der Waals surface area contributed by atoms with E-state index in [1.807, 2.05) is 42.5 Å². The third kappa shape index (κ3) is 2.45. The molecule has 3 aromatic rings.